The van der Waals surface area contributed by atoms with E-state index in [-0.39, 0.29) is 29.3 Å². The molecule has 7 heteroatoms. The Hall–Kier alpha value is -2.64. The monoisotopic (exact) mass is 546 g/mol. The molecule has 1 amide bonds. The van der Waals surface area contributed by atoms with Gasteiger partial charge in [0.05, 0.1) is 17.1 Å². The number of rotatable bonds is 3. The van der Waals surface area contributed by atoms with Gasteiger partial charge in [-0.15, -0.1) is 0 Å². The van der Waals surface area contributed by atoms with E-state index in [4.69, 9.17) is 4.74 Å². The number of aliphatic imine (C=N–C) groups is 1. The van der Waals surface area contributed by atoms with E-state index >= 15 is 4.39 Å². The molecular formula is C32H35FN2O3S. The van der Waals surface area contributed by atoms with Crippen LogP contribution >= 0.6 is 11.8 Å². The van der Waals surface area contributed by atoms with E-state index in [1.165, 1.54) is 37.1 Å². The van der Waals surface area contributed by atoms with Gasteiger partial charge in [0, 0.05) is 18.7 Å². The Morgan fingerprint density at radius 1 is 1.03 bits per heavy atom. The lowest BCUT2D eigenvalue weighted by molar-refractivity contribution is -0.113. The van der Waals surface area contributed by atoms with Crippen LogP contribution in [0.5, 0.6) is 5.75 Å². The Morgan fingerprint density at radius 2 is 1.69 bits per heavy atom. The number of carbonyl (C=O) groups excluding carboxylic acids is 1. The van der Waals surface area contributed by atoms with Crippen LogP contribution in [0, 0.1) is 23.6 Å². The maximum absolute atomic E-state index is 15.2. The molecule has 5 fully saturated rings. The molecule has 4 saturated carbocycles. The number of nitrogens with zero attached hydrogens (tertiary/aromatic N) is 2. The average molecular weight is 547 g/mol. The first kappa shape index (κ1) is 25.3. The van der Waals surface area contributed by atoms with Crippen LogP contribution in [0.15, 0.2) is 46.3 Å². The van der Waals surface area contributed by atoms with Crippen molar-refractivity contribution in [3.8, 4) is 16.9 Å². The summed E-state index contributed by atoms with van der Waals surface area (Å²) in [4.78, 5) is 19.8. The van der Waals surface area contributed by atoms with Crippen molar-refractivity contribution in [1.82, 2.24) is 4.90 Å². The standard InChI is InChI=1S/C32H35FN2O3S/c1-18-16-35(17-19(2)38-18)31-34-30(37)28(39-31)10-20-4-3-5-24(9-20)25-11-26(29(36)27(33)12-25)32-13-21-6-22(14-32)8-23(7-21)15-32/h3-5,9-12,18-19,21-23,36H,6-8,13-17H2,1-2H3/b28-10-/t18-,19-,21?,22?,23?,32?/m0/s1. The highest BCUT2D eigenvalue weighted by atomic mass is 32.2. The summed E-state index contributed by atoms with van der Waals surface area (Å²) in [6.45, 7) is 5.50. The lowest BCUT2D eigenvalue weighted by Crippen LogP contribution is -2.48. The fourth-order valence-electron chi connectivity index (χ4n) is 8.44. The Morgan fingerprint density at radius 3 is 2.36 bits per heavy atom. The number of morpholine rings is 1. The fraction of sp³-hybridized carbons (Fsp3) is 0.500. The molecule has 2 aliphatic heterocycles. The van der Waals surface area contributed by atoms with Crippen molar-refractivity contribution in [3.05, 3.63) is 58.2 Å². The van der Waals surface area contributed by atoms with Crippen molar-refractivity contribution in [1.29, 1.82) is 0 Å². The summed E-state index contributed by atoms with van der Waals surface area (Å²) in [6.07, 6.45) is 9.12. The molecule has 2 aromatic rings. The molecule has 0 radical (unpaired) electrons. The highest BCUT2D eigenvalue weighted by Gasteiger charge is 2.52. The summed E-state index contributed by atoms with van der Waals surface area (Å²) < 4.78 is 21.1. The third-order valence-corrected chi connectivity index (χ3v) is 10.5. The van der Waals surface area contributed by atoms with Crippen molar-refractivity contribution in [2.75, 3.05) is 13.1 Å². The molecule has 6 aliphatic rings. The van der Waals surface area contributed by atoms with E-state index in [1.54, 1.807) is 0 Å². The van der Waals surface area contributed by atoms with Crippen LogP contribution < -0.4 is 0 Å². The Labute approximate surface area is 233 Å². The molecule has 2 aromatic carbocycles. The van der Waals surface area contributed by atoms with Gasteiger partial charge in [-0.3, -0.25) is 4.79 Å². The number of halogens is 1. The zero-order valence-corrected chi connectivity index (χ0v) is 23.3. The number of benzene rings is 2. The Kier molecular flexibility index (Phi) is 6.16. The van der Waals surface area contributed by atoms with E-state index in [0.717, 1.165) is 46.7 Å². The normalized spacial score (nSPS) is 34.7. The quantitative estimate of drug-likeness (QED) is 0.432. The van der Waals surface area contributed by atoms with Crippen LogP contribution in [-0.4, -0.2) is 46.4 Å². The van der Waals surface area contributed by atoms with Gasteiger partial charge in [0.1, 0.15) is 0 Å². The number of carbonyl (C=O) groups is 1. The summed E-state index contributed by atoms with van der Waals surface area (Å²) in [6, 6.07) is 11.3. The Balaban J connectivity index is 1.17. The average Bonchev–Trinajstić information content (AvgIpc) is 3.24. The first-order valence-electron chi connectivity index (χ1n) is 14.3. The van der Waals surface area contributed by atoms with E-state index in [1.807, 2.05) is 50.3 Å². The Bertz CT molecular complexity index is 1360. The minimum absolute atomic E-state index is 0.0888. The van der Waals surface area contributed by atoms with Gasteiger partial charge in [0.15, 0.2) is 16.7 Å². The lowest BCUT2D eigenvalue weighted by atomic mass is 9.48. The number of phenolic OH excluding ortho intramolecular Hbond substituents is 1. The summed E-state index contributed by atoms with van der Waals surface area (Å²) in [5, 5.41) is 11.6. The van der Waals surface area contributed by atoms with Gasteiger partial charge in [0.25, 0.3) is 5.91 Å². The zero-order chi connectivity index (χ0) is 26.9. The summed E-state index contributed by atoms with van der Waals surface area (Å²) in [5.74, 6) is 1.17. The van der Waals surface area contributed by atoms with Crippen molar-refractivity contribution in [2.45, 2.75) is 70.0 Å². The fourth-order valence-corrected chi connectivity index (χ4v) is 9.37. The molecule has 4 aliphatic carbocycles. The molecule has 0 spiro atoms. The molecule has 0 aromatic heterocycles. The minimum atomic E-state index is -0.546. The van der Waals surface area contributed by atoms with Crippen molar-refractivity contribution in [3.63, 3.8) is 0 Å². The molecule has 0 unspecified atom stereocenters. The smallest absolute Gasteiger partial charge is 0.286 e. The molecule has 5 nitrogen and oxygen atoms in total. The van der Waals surface area contributed by atoms with Crippen LogP contribution in [0.3, 0.4) is 0 Å². The predicted molar refractivity (Wildman–Crippen MR) is 153 cm³/mol. The number of amides is 1. The third-order valence-electron chi connectivity index (χ3n) is 9.49. The second-order valence-electron chi connectivity index (χ2n) is 12.7. The molecule has 1 N–H and O–H groups in total. The summed E-state index contributed by atoms with van der Waals surface area (Å²) in [5.41, 5.74) is 3.21. The van der Waals surface area contributed by atoms with Gasteiger partial charge >= 0.3 is 0 Å². The number of hydrogen-bond acceptors (Lipinski definition) is 5. The number of hydrogen-bond donors (Lipinski definition) is 1. The highest BCUT2D eigenvalue weighted by Crippen LogP contribution is 2.62. The minimum Gasteiger partial charge on any atom is -0.505 e. The maximum Gasteiger partial charge on any atom is 0.286 e. The second kappa shape index (κ2) is 9.48. The SMILES string of the molecule is C[C@H]1CN(C2=NC(=O)/C(=C/c3cccc(-c4cc(F)c(O)c(C56CC7CC(CC(C7)C5)C6)c4)c3)S2)C[C@H](C)O1. The van der Waals surface area contributed by atoms with E-state index in [9.17, 15) is 9.90 Å². The van der Waals surface area contributed by atoms with Gasteiger partial charge in [-0.1, -0.05) is 18.2 Å². The van der Waals surface area contributed by atoms with E-state index in [0.29, 0.717) is 35.7 Å². The first-order chi connectivity index (χ1) is 18.7. The molecule has 2 atom stereocenters. The zero-order valence-electron chi connectivity index (χ0n) is 22.5. The van der Waals surface area contributed by atoms with Gasteiger partial charge in [-0.25, -0.2) is 4.39 Å². The second-order valence-corrected chi connectivity index (χ2v) is 13.7. The van der Waals surface area contributed by atoms with Crippen LogP contribution in [0.1, 0.15) is 63.5 Å². The predicted octanol–water partition coefficient (Wildman–Crippen LogP) is 6.75. The summed E-state index contributed by atoms with van der Waals surface area (Å²) >= 11 is 1.40. The third kappa shape index (κ3) is 4.61. The molecule has 1 saturated heterocycles. The maximum atomic E-state index is 15.2. The van der Waals surface area contributed by atoms with Gasteiger partial charge < -0.3 is 14.7 Å². The number of amidine groups is 1. The highest BCUT2D eigenvalue weighted by molar-refractivity contribution is 8.18. The number of ether oxygens (including phenoxy) is 1. The molecule has 2 heterocycles. The van der Waals surface area contributed by atoms with Crippen LogP contribution in [0.2, 0.25) is 0 Å². The van der Waals surface area contributed by atoms with Crippen LogP contribution in [-0.2, 0) is 14.9 Å². The molecular weight excluding hydrogens is 511 g/mol. The van der Waals surface area contributed by atoms with E-state index in [2.05, 4.69) is 9.89 Å². The summed E-state index contributed by atoms with van der Waals surface area (Å²) in [7, 11) is 0. The molecule has 4 bridgehead atoms. The van der Waals surface area contributed by atoms with Crippen molar-refractivity contribution >= 4 is 28.9 Å². The van der Waals surface area contributed by atoms with Crippen molar-refractivity contribution < 1.29 is 19.0 Å². The number of aromatic hydroxyl groups is 1. The van der Waals surface area contributed by atoms with E-state index < -0.39 is 5.82 Å². The molecule has 8 rings (SSSR count). The van der Waals surface area contributed by atoms with Crippen LogP contribution in [0.4, 0.5) is 4.39 Å². The van der Waals surface area contributed by atoms with Crippen LogP contribution in [0.25, 0.3) is 17.2 Å². The number of phenols is 1. The van der Waals surface area contributed by atoms with Gasteiger partial charge in [-0.2, -0.15) is 4.99 Å². The molecule has 39 heavy (non-hydrogen) atoms. The largest absolute Gasteiger partial charge is 0.505 e. The lowest BCUT2D eigenvalue weighted by Gasteiger charge is -2.57. The first-order valence-corrected chi connectivity index (χ1v) is 15.1. The van der Waals surface area contributed by atoms with Gasteiger partial charge in [-0.05, 0) is 128 Å². The van der Waals surface area contributed by atoms with Gasteiger partial charge in [0.2, 0.25) is 0 Å². The molecule has 204 valence electrons. The number of thioether (sulfide) groups is 1. The topological polar surface area (TPSA) is 62.1 Å². The van der Waals surface area contributed by atoms with Crippen molar-refractivity contribution in [2.24, 2.45) is 22.7 Å².